The van der Waals surface area contributed by atoms with Gasteiger partial charge < -0.3 is 9.42 Å². The van der Waals surface area contributed by atoms with Crippen molar-refractivity contribution in [1.29, 1.82) is 0 Å². The minimum atomic E-state index is -0.307. The molecule has 116 valence electrons. The maximum absolute atomic E-state index is 13.0. The molecule has 0 aliphatic carbocycles. The van der Waals surface area contributed by atoms with Crippen LogP contribution in [0.3, 0.4) is 0 Å². The molecule has 0 spiro atoms. The van der Waals surface area contributed by atoms with Gasteiger partial charge in [-0.2, -0.15) is 0 Å². The number of halogens is 1. The fraction of sp³-hybridized carbons (Fsp3) is 0.412. The van der Waals surface area contributed by atoms with E-state index < -0.39 is 0 Å². The first-order chi connectivity index (χ1) is 10.7. The third-order valence-electron chi connectivity index (χ3n) is 4.22. The number of rotatable bonds is 3. The quantitative estimate of drug-likeness (QED) is 0.864. The van der Waals surface area contributed by atoms with Crippen molar-refractivity contribution in [2.75, 3.05) is 6.54 Å². The number of carbonyl (C=O) groups is 1. The second-order valence-corrected chi connectivity index (χ2v) is 5.64. The number of benzene rings is 1. The average Bonchev–Trinajstić information content (AvgIpc) is 3.05. The van der Waals surface area contributed by atoms with E-state index in [1.807, 2.05) is 4.90 Å². The highest BCUT2D eigenvalue weighted by Gasteiger charge is 2.28. The van der Waals surface area contributed by atoms with Crippen LogP contribution in [0.5, 0.6) is 0 Å². The number of likely N-dealkylation sites (tertiary alicyclic amines) is 1. The number of amides is 1. The lowest BCUT2D eigenvalue weighted by Gasteiger charge is -2.34. The van der Waals surface area contributed by atoms with Gasteiger partial charge in [0.25, 0.3) is 5.91 Å². The molecule has 1 aliphatic rings. The molecule has 0 bridgehead atoms. The monoisotopic (exact) mass is 302 g/mol. The fourth-order valence-electron chi connectivity index (χ4n) is 2.97. The number of hydrogen-bond acceptors (Lipinski definition) is 3. The molecule has 22 heavy (non-hydrogen) atoms. The van der Waals surface area contributed by atoms with Gasteiger partial charge in [0.15, 0.2) is 11.5 Å². The van der Waals surface area contributed by atoms with E-state index in [9.17, 15) is 9.18 Å². The van der Waals surface area contributed by atoms with Gasteiger partial charge in [-0.1, -0.05) is 12.1 Å². The van der Waals surface area contributed by atoms with Crippen molar-refractivity contribution >= 4 is 5.91 Å². The maximum Gasteiger partial charge on any atom is 0.276 e. The first-order valence-corrected chi connectivity index (χ1v) is 7.72. The van der Waals surface area contributed by atoms with Crippen LogP contribution in [-0.2, 0) is 0 Å². The number of carbonyl (C=O) groups excluding carboxylic acids is 1. The number of aromatic nitrogens is 1. The second-order valence-electron chi connectivity index (χ2n) is 5.64. The molecule has 0 radical (unpaired) electrons. The standard InChI is InChI=1S/C17H19FN2O2/c1-2-14-5-3-4-10-20(14)17(21)15-11-16(22-19-15)12-6-8-13(18)9-7-12/h6-9,11,14H,2-5,10H2,1H3. The summed E-state index contributed by atoms with van der Waals surface area (Å²) >= 11 is 0. The highest BCUT2D eigenvalue weighted by molar-refractivity contribution is 5.93. The Labute approximate surface area is 128 Å². The van der Waals surface area contributed by atoms with E-state index in [1.54, 1.807) is 18.2 Å². The Hall–Kier alpha value is -2.17. The molecule has 1 amide bonds. The van der Waals surface area contributed by atoms with Gasteiger partial charge >= 0.3 is 0 Å². The summed E-state index contributed by atoms with van der Waals surface area (Å²) in [7, 11) is 0. The van der Waals surface area contributed by atoms with Crippen LogP contribution in [0, 0.1) is 5.82 Å². The average molecular weight is 302 g/mol. The van der Waals surface area contributed by atoms with E-state index in [-0.39, 0.29) is 17.8 Å². The molecule has 1 unspecified atom stereocenters. The molecule has 1 fully saturated rings. The van der Waals surface area contributed by atoms with E-state index >= 15 is 0 Å². The lowest BCUT2D eigenvalue weighted by atomic mass is 9.99. The summed E-state index contributed by atoms with van der Waals surface area (Å²) in [5.41, 5.74) is 1.03. The molecular formula is C17H19FN2O2. The van der Waals surface area contributed by atoms with E-state index in [0.717, 1.165) is 25.8 Å². The molecule has 5 heteroatoms. The summed E-state index contributed by atoms with van der Waals surface area (Å²) in [6.07, 6.45) is 4.20. The lowest BCUT2D eigenvalue weighted by Crippen LogP contribution is -2.43. The minimum absolute atomic E-state index is 0.0799. The van der Waals surface area contributed by atoms with Crippen molar-refractivity contribution in [2.24, 2.45) is 0 Å². The Kier molecular flexibility index (Phi) is 4.22. The zero-order valence-electron chi connectivity index (χ0n) is 12.6. The Morgan fingerprint density at radius 1 is 1.36 bits per heavy atom. The summed E-state index contributed by atoms with van der Waals surface area (Å²) in [5.74, 6) is 0.0933. The first kappa shape index (κ1) is 14.8. The first-order valence-electron chi connectivity index (χ1n) is 7.72. The van der Waals surface area contributed by atoms with Gasteiger partial charge in [-0.25, -0.2) is 4.39 Å². The van der Waals surface area contributed by atoms with Crippen LogP contribution >= 0.6 is 0 Å². The minimum Gasteiger partial charge on any atom is -0.355 e. The van der Waals surface area contributed by atoms with Gasteiger partial charge in [0.05, 0.1) is 0 Å². The molecule has 1 aromatic carbocycles. The lowest BCUT2D eigenvalue weighted by molar-refractivity contribution is 0.0597. The summed E-state index contributed by atoms with van der Waals surface area (Å²) in [4.78, 5) is 14.5. The molecule has 1 aliphatic heterocycles. The van der Waals surface area contributed by atoms with E-state index in [1.165, 1.54) is 18.6 Å². The van der Waals surface area contributed by atoms with Gasteiger partial charge in [0, 0.05) is 24.2 Å². The number of piperidine rings is 1. The van der Waals surface area contributed by atoms with Crippen LogP contribution in [0.15, 0.2) is 34.9 Å². The van der Waals surface area contributed by atoms with Crippen LogP contribution < -0.4 is 0 Å². The zero-order valence-corrected chi connectivity index (χ0v) is 12.6. The maximum atomic E-state index is 13.0. The third kappa shape index (κ3) is 2.89. The normalized spacial score (nSPS) is 18.5. The Balaban J connectivity index is 1.80. The van der Waals surface area contributed by atoms with Gasteiger partial charge in [-0.05, 0) is 49.9 Å². The van der Waals surface area contributed by atoms with Crippen molar-refractivity contribution in [3.63, 3.8) is 0 Å². The number of hydrogen-bond donors (Lipinski definition) is 0. The molecule has 2 heterocycles. The van der Waals surface area contributed by atoms with Crippen molar-refractivity contribution in [3.05, 3.63) is 41.8 Å². The van der Waals surface area contributed by atoms with E-state index in [0.29, 0.717) is 17.0 Å². The molecule has 0 N–H and O–H groups in total. The van der Waals surface area contributed by atoms with E-state index in [2.05, 4.69) is 12.1 Å². The highest BCUT2D eigenvalue weighted by atomic mass is 19.1. The van der Waals surface area contributed by atoms with E-state index in [4.69, 9.17) is 4.52 Å². The van der Waals surface area contributed by atoms with Crippen LogP contribution in [0.1, 0.15) is 43.1 Å². The Bertz CT molecular complexity index is 651. The van der Waals surface area contributed by atoms with Crippen molar-refractivity contribution in [2.45, 2.75) is 38.6 Å². The molecule has 4 nitrogen and oxygen atoms in total. The Morgan fingerprint density at radius 2 is 2.14 bits per heavy atom. The van der Waals surface area contributed by atoms with Crippen LogP contribution in [-0.4, -0.2) is 28.6 Å². The largest absolute Gasteiger partial charge is 0.355 e. The summed E-state index contributed by atoms with van der Waals surface area (Å²) in [5, 5.41) is 3.90. The predicted molar refractivity (Wildman–Crippen MR) is 80.9 cm³/mol. The topological polar surface area (TPSA) is 46.3 Å². The molecule has 2 aromatic rings. The third-order valence-corrected chi connectivity index (χ3v) is 4.22. The molecule has 1 aromatic heterocycles. The predicted octanol–water partition coefficient (Wildman–Crippen LogP) is 3.89. The van der Waals surface area contributed by atoms with Gasteiger partial charge in [-0.15, -0.1) is 0 Å². The van der Waals surface area contributed by atoms with Crippen molar-refractivity contribution in [1.82, 2.24) is 10.1 Å². The number of nitrogens with zero attached hydrogens (tertiary/aromatic N) is 2. The highest BCUT2D eigenvalue weighted by Crippen LogP contribution is 2.24. The molecule has 0 saturated carbocycles. The Morgan fingerprint density at radius 3 is 2.86 bits per heavy atom. The molecule has 1 atom stereocenters. The van der Waals surface area contributed by atoms with Crippen molar-refractivity contribution in [3.8, 4) is 11.3 Å². The van der Waals surface area contributed by atoms with Crippen LogP contribution in [0.25, 0.3) is 11.3 Å². The summed E-state index contributed by atoms with van der Waals surface area (Å²) in [6, 6.07) is 7.86. The fourth-order valence-corrected chi connectivity index (χ4v) is 2.97. The van der Waals surface area contributed by atoms with Gasteiger partial charge in [0.2, 0.25) is 0 Å². The molecular weight excluding hydrogens is 283 g/mol. The van der Waals surface area contributed by atoms with Crippen molar-refractivity contribution < 1.29 is 13.7 Å². The van der Waals surface area contributed by atoms with Crippen LogP contribution in [0.4, 0.5) is 4.39 Å². The van der Waals surface area contributed by atoms with Gasteiger partial charge in [0.1, 0.15) is 5.82 Å². The SMILES string of the molecule is CCC1CCCCN1C(=O)c1cc(-c2ccc(F)cc2)on1. The van der Waals surface area contributed by atoms with Gasteiger partial charge in [-0.3, -0.25) is 4.79 Å². The summed E-state index contributed by atoms with van der Waals surface area (Å²) < 4.78 is 18.2. The second kappa shape index (κ2) is 6.30. The molecule has 1 saturated heterocycles. The van der Waals surface area contributed by atoms with Crippen LogP contribution in [0.2, 0.25) is 0 Å². The molecule has 3 rings (SSSR count). The zero-order chi connectivity index (χ0) is 15.5. The smallest absolute Gasteiger partial charge is 0.276 e. The summed E-state index contributed by atoms with van der Waals surface area (Å²) in [6.45, 7) is 2.87.